The molecule has 0 amide bonds. The second-order valence-electron chi connectivity index (χ2n) is 8.26. The number of nitrogens with one attached hydrogen (secondary N) is 2. The maximum atomic E-state index is 5.50. The first-order chi connectivity index (χ1) is 14.6. The minimum atomic E-state index is 0.397. The molecule has 0 aromatic carbocycles. The quantitative estimate of drug-likeness (QED) is 0.657. The molecule has 30 heavy (non-hydrogen) atoms. The molecule has 0 atom stereocenters. The Morgan fingerprint density at radius 3 is 2.53 bits per heavy atom. The first-order valence-corrected chi connectivity index (χ1v) is 10.7. The van der Waals surface area contributed by atoms with Crippen LogP contribution in [0.3, 0.4) is 0 Å². The van der Waals surface area contributed by atoms with Gasteiger partial charge in [0, 0.05) is 45.5 Å². The van der Waals surface area contributed by atoms with Crippen LogP contribution in [-0.2, 0) is 18.8 Å². The summed E-state index contributed by atoms with van der Waals surface area (Å²) in [7, 11) is 3.80. The molecule has 3 aromatic rings. The molecule has 0 unspecified atom stereocenters. The summed E-state index contributed by atoms with van der Waals surface area (Å²) in [5.41, 5.74) is 2.49. The fraction of sp³-hybridized carbons (Fsp3) is 0.600. The van der Waals surface area contributed by atoms with Crippen molar-refractivity contribution in [1.82, 2.24) is 34.4 Å². The van der Waals surface area contributed by atoms with Gasteiger partial charge in [-0.05, 0) is 25.7 Å². The van der Waals surface area contributed by atoms with Gasteiger partial charge in [-0.1, -0.05) is 0 Å². The van der Waals surface area contributed by atoms with Gasteiger partial charge in [0.1, 0.15) is 5.52 Å². The Bertz CT molecular complexity index is 999. The SMILES string of the molecule is Cn1cc(Nc2nc(N[C@H]3CC[C@H](N4CCOCC4)CC3)c3nn(C)cc3n2)cn1. The number of aromatic nitrogens is 6. The van der Waals surface area contributed by atoms with E-state index in [0.29, 0.717) is 18.0 Å². The van der Waals surface area contributed by atoms with E-state index in [4.69, 9.17) is 9.72 Å². The smallest absolute Gasteiger partial charge is 0.230 e. The van der Waals surface area contributed by atoms with Crippen LogP contribution in [0.25, 0.3) is 11.0 Å². The van der Waals surface area contributed by atoms with Gasteiger partial charge >= 0.3 is 0 Å². The van der Waals surface area contributed by atoms with Crippen LogP contribution in [0.15, 0.2) is 18.6 Å². The van der Waals surface area contributed by atoms with Gasteiger partial charge in [0.25, 0.3) is 0 Å². The molecule has 1 aliphatic heterocycles. The number of aryl methyl sites for hydroxylation is 2. The molecule has 2 aliphatic rings. The number of rotatable bonds is 5. The largest absolute Gasteiger partial charge is 0.379 e. The number of hydrogen-bond donors (Lipinski definition) is 2. The summed E-state index contributed by atoms with van der Waals surface area (Å²) < 4.78 is 9.03. The van der Waals surface area contributed by atoms with Crippen LogP contribution in [0, 0.1) is 0 Å². The van der Waals surface area contributed by atoms with E-state index in [0.717, 1.165) is 61.7 Å². The lowest BCUT2D eigenvalue weighted by Crippen LogP contribution is -2.46. The molecule has 2 N–H and O–H groups in total. The summed E-state index contributed by atoms with van der Waals surface area (Å²) in [6, 6.07) is 1.07. The summed E-state index contributed by atoms with van der Waals surface area (Å²) in [4.78, 5) is 12.0. The number of anilines is 3. The Balaban J connectivity index is 1.31. The van der Waals surface area contributed by atoms with E-state index in [-0.39, 0.29) is 0 Å². The van der Waals surface area contributed by atoms with Crippen LogP contribution < -0.4 is 10.6 Å². The second-order valence-corrected chi connectivity index (χ2v) is 8.26. The third kappa shape index (κ3) is 4.10. The average molecular weight is 412 g/mol. The standard InChI is InChI=1S/C20H29N9O/c1-27-12-15(11-21-27)23-20-24-17-13-28(2)26-18(17)19(25-20)22-14-3-5-16(6-4-14)29-7-9-30-10-8-29/h11-14,16H,3-10H2,1-2H3,(H2,22,23,24,25)/t14-,16-. The number of nitrogens with zero attached hydrogens (tertiary/aromatic N) is 7. The van der Waals surface area contributed by atoms with Crippen molar-refractivity contribution >= 4 is 28.5 Å². The van der Waals surface area contributed by atoms with Crippen LogP contribution in [0.4, 0.5) is 17.5 Å². The van der Waals surface area contributed by atoms with E-state index in [1.807, 2.05) is 26.5 Å². The summed E-state index contributed by atoms with van der Waals surface area (Å²) >= 11 is 0. The maximum Gasteiger partial charge on any atom is 0.230 e. The molecule has 1 saturated carbocycles. The minimum absolute atomic E-state index is 0.397. The van der Waals surface area contributed by atoms with Crippen LogP contribution in [0.1, 0.15) is 25.7 Å². The minimum Gasteiger partial charge on any atom is -0.379 e. The van der Waals surface area contributed by atoms with Gasteiger partial charge in [0.15, 0.2) is 11.3 Å². The fourth-order valence-corrected chi connectivity index (χ4v) is 4.52. The van der Waals surface area contributed by atoms with Crippen LogP contribution in [0.5, 0.6) is 0 Å². The Kier molecular flexibility index (Phi) is 5.26. The fourth-order valence-electron chi connectivity index (χ4n) is 4.52. The lowest BCUT2D eigenvalue weighted by Gasteiger charge is -2.39. The Labute approximate surface area is 175 Å². The predicted octanol–water partition coefficient (Wildman–Crippen LogP) is 1.90. The highest BCUT2D eigenvalue weighted by molar-refractivity contribution is 5.86. The van der Waals surface area contributed by atoms with E-state index < -0.39 is 0 Å². The van der Waals surface area contributed by atoms with Gasteiger partial charge in [-0.15, -0.1) is 0 Å². The molecule has 4 heterocycles. The molecule has 0 radical (unpaired) electrons. The molecule has 160 valence electrons. The van der Waals surface area contributed by atoms with Crippen molar-refractivity contribution in [2.75, 3.05) is 36.9 Å². The van der Waals surface area contributed by atoms with E-state index in [2.05, 4.69) is 30.7 Å². The van der Waals surface area contributed by atoms with Gasteiger partial charge < -0.3 is 15.4 Å². The van der Waals surface area contributed by atoms with Crippen LogP contribution in [-0.4, -0.2) is 72.8 Å². The molecule has 3 aromatic heterocycles. The molecule has 1 aliphatic carbocycles. The number of hydrogen-bond acceptors (Lipinski definition) is 8. The monoisotopic (exact) mass is 411 g/mol. The van der Waals surface area contributed by atoms with Gasteiger partial charge in [-0.25, -0.2) is 4.98 Å². The lowest BCUT2D eigenvalue weighted by atomic mass is 9.90. The summed E-state index contributed by atoms with van der Waals surface area (Å²) in [6.07, 6.45) is 10.3. The van der Waals surface area contributed by atoms with E-state index >= 15 is 0 Å². The molecule has 2 fully saturated rings. The van der Waals surface area contributed by atoms with Crippen molar-refractivity contribution in [3.63, 3.8) is 0 Å². The second kappa shape index (κ2) is 8.19. The zero-order chi connectivity index (χ0) is 20.5. The normalized spacial score (nSPS) is 23.0. The van der Waals surface area contributed by atoms with Gasteiger partial charge in [-0.3, -0.25) is 14.3 Å². The number of ether oxygens (including phenoxy) is 1. The molecule has 5 rings (SSSR count). The molecular weight excluding hydrogens is 382 g/mol. The van der Waals surface area contributed by atoms with Crippen molar-refractivity contribution in [3.05, 3.63) is 18.6 Å². The third-order valence-electron chi connectivity index (χ3n) is 6.04. The third-order valence-corrected chi connectivity index (χ3v) is 6.04. The topological polar surface area (TPSA) is 98.0 Å². The van der Waals surface area contributed by atoms with Crippen molar-refractivity contribution in [2.45, 2.75) is 37.8 Å². The zero-order valence-corrected chi connectivity index (χ0v) is 17.6. The highest BCUT2D eigenvalue weighted by Crippen LogP contribution is 2.28. The maximum absolute atomic E-state index is 5.50. The Morgan fingerprint density at radius 1 is 1.00 bits per heavy atom. The summed E-state index contributed by atoms with van der Waals surface area (Å²) in [6.45, 7) is 3.85. The first-order valence-electron chi connectivity index (χ1n) is 10.7. The Morgan fingerprint density at radius 2 is 1.80 bits per heavy atom. The predicted molar refractivity (Wildman–Crippen MR) is 115 cm³/mol. The van der Waals surface area contributed by atoms with E-state index in [1.54, 1.807) is 15.6 Å². The van der Waals surface area contributed by atoms with Crippen molar-refractivity contribution < 1.29 is 4.74 Å². The molecule has 10 heteroatoms. The molecule has 1 saturated heterocycles. The van der Waals surface area contributed by atoms with Crippen molar-refractivity contribution in [2.24, 2.45) is 14.1 Å². The van der Waals surface area contributed by atoms with E-state index in [9.17, 15) is 0 Å². The van der Waals surface area contributed by atoms with Crippen molar-refractivity contribution in [1.29, 1.82) is 0 Å². The highest BCUT2D eigenvalue weighted by Gasteiger charge is 2.27. The summed E-state index contributed by atoms with van der Waals surface area (Å²) in [5, 5.41) is 15.7. The highest BCUT2D eigenvalue weighted by atomic mass is 16.5. The first kappa shape index (κ1) is 19.3. The summed E-state index contributed by atoms with van der Waals surface area (Å²) in [5.74, 6) is 1.34. The molecule has 10 nitrogen and oxygen atoms in total. The molecule has 0 spiro atoms. The van der Waals surface area contributed by atoms with Gasteiger partial charge in [-0.2, -0.15) is 15.2 Å². The Hall–Kier alpha value is -2.72. The van der Waals surface area contributed by atoms with E-state index in [1.165, 1.54) is 12.8 Å². The van der Waals surface area contributed by atoms with Gasteiger partial charge in [0.05, 0.1) is 31.3 Å². The molecule has 0 bridgehead atoms. The van der Waals surface area contributed by atoms with Crippen LogP contribution in [0.2, 0.25) is 0 Å². The van der Waals surface area contributed by atoms with Crippen LogP contribution >= 0.6 is 0 Å². The molecular formula is C20H29N9O. The number of morpholine rings is 1. The lowest BCUT2D eigenvalue weighted by molar-refractivity contribution is 0.00791. The zero-order valence-electron chi connectivity index (χ0n) is 17.6. The average Bonchev–Trinajstić information content (AvgIpc) is 3.34. The number of fused-ring (bicyclic) bond motifs is 1. The van der Waals surface area contributed by atoms with Gasteiger partial charge in [0.2, 0.25) is 5.95 Å². The van der Waals surface area contributed by atoms with Crippen molar-refractivity contribution in [3.8, 4) is 0 Å².